The zero-order chi connectivity index (χ0) is 20.8. The molecule has 1 amide bonds. The van der Waals surface area contributed by atoms with Gasteiger partial charge in [0, 0.05) is 6.54 Å². The molecule has 2 aliphatic rings. The van der Waals surface area contributed by atoms with Crippen molar-refractivity contribution in [1.82, 2.24) is 9.80 Å². The average Bonchev–Trinajstić information content (AvgIpc) is 3.49. The molecule has 0 bridgehead atoms. The van der Waals surface area contributed by atoms with Crippen molar-refractivity contribution in [3.05, 3.63) is 65.2 Å². The highest BCUT2D eigenvalue weighted by molar-refractivity contribution is 5.92. The number of halogens is 3. The second-order valence-electron chi connectivity index (χ2n) is 7.73. The molecule has 1 unspecified atom stereocenters. The number of likely N-dealkylation sites (N-methyl/N-ethyl adjacent to an activating group) is 1. The molecular weight excluding hydrogens is 381 g/mol. The molecule has 154 valence electrons. The lowest BCUT2D eigenvalue weighted by molar-refractivity contribution is -0.137. The fourth-order valence-corrected chi connectivity index (χ4v) is 4.17. The first kappa shape index (κ1) is 19.8. The Bertz CT molecular complexity index is 890. The molecule has 1 aliphatic heterocycles. The monoisotopic (exact) mass is 404 g/mol. The summed E-state index contributed by atoms with van der Waals surface area (Å²) >= 11 is 0. The molecule has 1 aliphatic carbocycles. The van der Waals surface area contributed by atoms with Crippen molar-refractivity contribution in [3.8, 4) is 5.75 Å². The first-order valence-corrected chi connectivity index (χ1v) is 9.60. The van der Waals surface area contributed by atoms with E-state index in [9.17, 15) is 18.0 Å². The third kappa shape index (κ3) is 3.48. The van der Waals surface area contributed by atoms with E-state index in [1.54, 1.807) is 12.0 Å². The van der Waals surface area contributed by atoms with Gasteiger partial charge in [-0.05, 0) is 61.7 Å². The predicted octanol–water partition coefficient (Wildman–Crippen LogP) is 4.26. The number of rotatable bonds is 5. The maximum atomic E-state index is 13.1. The van der Waals surface area contributed by atoms with Crippen LogP contribution in [0.2, 0.25) is 0 Å². The summed E-state index contributed by atoms with van der Waals surface area (Å²) in [6.45, 7) is 0.503. The third-order valence-electron chi connectivity index (χ3n) is 6.06. The highest BCUT2D eigenvalue weighted by Crippen LogP contribution is 2.52. The molecule has 29 heavy (non-hydrogen) atoms. The van der Waals surface area contributed by atoms with E-state index in [1.807, 2.05) is 36.2 Å². The largest absolute Gasteiger partial charge is 0.497 e. The second-order valence-corrected chi connectivity index (χ2v) is 7.73. The van der Waals surface area contributed by atoms with Crippen molar-refractivity contribution in [1.29, 1.82) is 0 Å². The van der Waals surface area contributed by atoms with Crippen molar-refractivity contribution in [3.63, 3.8) is 0 Å². The van der Waals surface area contributed by atoms with E-state index in [1.165, 1.54) is 12.1 Å². The molecule has 2 aromatic carbocycles. The summed E-state index contributed by atoms with van der Waals surface area (Å²) in [4.78, 5) is 16.9. The summed E-state index contributed by atoms with van der Waals surface area (Å²) in [6.07, 6.45) is -2.49. The Morgan fingerprint density at radius 2 is 1.69 bits per heavy atom. The van der Waals surface area contributed by atoms with Gasteiger partial charge in [-0.25, -0.2) is 0 Å². The Balaban J connectivity index is 1.57. The number of ether oxygens (including phenoxy) is 1. The van der Waals surface area contributed by atoms with Crippen LogP contribution in [0.15, 0.2) is 48.5 Å². The van der Waals surface area contributed by atoms with Crippen LogP contribution in [0.5, 0.6) is 5.75 Å². The molecule has 4 nitrogen and oxygen atoms in total. The summed E-state index contributed by atoms with van der Waals surface area (Å²) in [5.74, 6) is 0.837. The van der Waals surface area contributed by atoms with E-state index in [0.29, 0.717) is 18.5 Å². The number of carbonyl (C=O) groups excluding carboxylic acids is 1. The highest BCUT2D eigenvalue weighted by atomic mass is 19.4. The van der Waals surface area contributed by atoms with Gasteiger partial charge in [-0.1, -0.05) is 24.3 Å². The summed E-state index contributed by atoms with van der Waals surface area (Å²) in [5.41, 5.74) is 0.600. The van der Waals surface area contributed by atoms with Gasteiger partial charge in [-0.15, -0.1) is 0 Å². The minimum atomic E-state index is -4.37. The number of hydrogen-bond acceptors (Lipinski definition) is 3. The van der Waals surface area contributed by atoms with Crippen LogP contribution >= 0.6 is 0 Å². The standard InChI is InChI=1S/C22H23F3N2O2/c1-26-19(16-5-7-17(8-6-16)22(23,24)25)27(20(28)21(26)12-13-21)14-11-15-3-9-18(29-2)10-4-15/h3-10,19H,11-14H2,1-2H3. The second kappa shape index (κ2) is 7.06. The van der Waals surface area contributed by atoms with Gasteiger partial charge in [0.2, 0.25) is 5.91 Å². The van der Waals surface area contributed by atoms with Crippen LogP contribution in [0, 0.1) is 0 Å². The van der Waals surface area contributed by atoms with Crippen LogP contribution in [0.25, 0.3) is 0 Å². The summed E-state index contributed by atoms with van der Waals surface area (Å²) < 4.78 is 43.9. The Labute approximate surface area is 167 Å². The first-order valence-electron chi connectivity index (χ1n) is 9.60. The number of carbonyl (C=O) groups is 1. The van der Waals surface area contributed by atoms with Gasteiger partial charge in [-0.2, -0.15) is 13.2 Å². The lowest BCUT2D eigenvalue weighted by Crippen LogP contribution is -2.33. The lowest BCUT2D eigenvalue weighted by atomic mass is 10.1. The van der Waals surface area contributed by atoms with Gasteiger partial charge in [-0.3, -0.25) is 9.69 Å². The van der Waals surface area contributed by atoms with Crippen molar-refractivity contribution in [2.75, 3.05) is 20.7 Å². The maximum Gasteiger partial charge on any atom is 0.416 e. The molecule has 2 fully saturated rings. The highest BCUT2D eigenvalue weighted by Gasteiger charge is 2.63. The van der Waals surface area contributed by atoms with Crippen LogP contribution in [-0.4, -0.2) is 41.9 Å². The smallest absolute Gasteiger partial charge is 0.416 e. The maximum absolute atomic E-state index is 13.1. The summed E-state index contributed by atoms with van der Waals surface area (Å²) in [7, 11) is 3.50. The van der Waals surface area contributed by atoms with E-state index in [2.05, 4.69) is 0 Å². The van der Waals surface area contributed by atoms with Gasteiger partial charge >= 0.3 is 6.18 Å². The van der Waals surface area contributed by atoms with Gasteiger partial charge in [0.1, 0.15) is 17.5 Å². The van der Waals surface area contributed by atoms with Crippen molar-refractivity contribution in [2.24, 2.45) is 0 Å². The van der Waals surface area contributed by atoms with Crippen LogP contribution in [0.3, 0.4) is 0 Å². The number of amides is 1. The predicted molar refractivity (Wildman–Crippen MR) is 102 cm³/mol. The molecule has 1 spiro atoms. The summed E-state index contributed by atoms with van der Waals surface area (Å²) in [5, 5.41) is 0. The number of alkyl halides is 3. The average molecular weight is 404 g/mol. The minimum Gasteiger partial charge on any atom is -0.497 e. The van der Waals surface area contributed by atoms with E-state index in [-0.39, 0.29) is 12.1 Å². The molecule has 0 aromatic heterocycles. The Kier molecular flexibility index (Phi) is 4.81. The van der Waals surface area contributed by atoms with Gasteiger partial charge < -0.3 is 9.64 Å². The molecule has 4 rings (SSSR count). The normalized spacial score (nSPS) is 21.1. The Hall–Kier alpha value is -2.54. The van der Waals surface area contributed by atoms with Crippen LogP contribution in [-0.2, 0) is 17.4 Å². The van der Waals surface area contributed by atoms with Crippen LogP contribution in [0.4, 0.5) is 13.2 Å². The van der Waals surface area contributed by atoms with E-state index in [0.717, 1.165) is 36.3 Å². The van der Waals surface area contributed by atoms with Crippen LogP contribution in [0.1, 0.15) is 35.7 Å². The number of benzene rings is 2. The molecule has 1 heterocycles. The van der Waals surface area contributed by atoms with Crippen LogP contribution < -0.4 is 4.74 Å². The van der Waals surface area contributed by atoms with Gasteiger partial charge in [0.15, 0.2) is 0 Å². The van der Waals surface area contributed by atoms with Gasteiger partial charge in [0.25, 0.3) is 0 Å². The molecule has 7 heteroatoms. The molecule has 1 saturated heterocycles. The van der Waals surface area contributed by atoms with E-state index < -0.39 is 17.3 Å². The van der Waals surface area contributed by atoms with E-state index >= 15 is 0 Å². The molecule has 1 atom stereocenters. The van der Waals surface area contributed by atoms with Crippen molar-refractivity contribution >= 4 is 5.91 Å². The molecule has 2 aromatic rings. The Morgan fingerprint density at radius 1 is 1.07 bits per heavy atom. The number of methoxy groups -OCH3 is 1. The number of nitrogens with zero attached hydrogens (tertiary/aromatic N) is 2. The lowest BCUT2D eigenvalue weighted by Gasteiger charge is -2.29. The molecule has 0 N–H and O–H groups in total. The molecular formula is C22H23F3N2O2. The SMILES string of the molecule is COc1ccc(CCN2C(=O)C3(CC3)N(C)C2c2ccc(C(F)(F)F)cc2)cc1. The fraction of sp³-hybridized carbons (Fsp3) is 0.409. The minimum absolute atomic E-state index is 0.0680. The zero-order valence-corrected chi connectivity index (χ0v) is 16.4. The summed E-state index contributed by atoms with van der Waals surface area (Å²) in [6, 6.07) is 12.8. The van der Waals surface area contributed by atoms with Gasteiger partial charge in [0.05, 0.1) is 12.7 Å². The first-order chi connectivity index (χ1) is 13.8. The zero-order valence-electron chi connectivity index (χ0n) is 16.4. The van der Waals surface area contributed by atoms with Crippen molar-refractivity contribution in [2.45, 2.75) is 37.1 Å². The third-order valence-corrected chi connectivity index (χ3v) is 6.06. The fourth-order valence-electron chi connectivity index (χ4n) is 4.17. The Morgan fingerprint density at radius 3 is 2.21 bits per heavy atom. The van der Waals surface area contributed by atoms with E-state index in [4.69, 9.17) is 4.74 Å². The number of hydrogen-bond donors (Lipinski definition) is 0. The topological polar surface area (TPSA) is 32.8 Å². The quantitative estimate of drug-likeness (QED) is 0.747. The molecule has 0 radical (unpaired) electrons. The molecule has 1 saturated carbocycles. The van der Waals surface area contributed by atoms with Crippen molar-refractivity contribution < 1.29 is 22.7 Å².